The average molecular weight is 476 g/mol. The minimum atomic E-state index is -3.62. The number of aryl methyl sites for hydroxylation is 1. The van der Waals surface area contributed by atoms with Crippen LogP contribution in [0.1, 0.15) is 11.1 Å². The molecule has 1 nitrogen and oxygen atoms in total. The Morgan fingerprint density at radius 1 is 0.588 bits per heavy atom. The zero-order chi connectivity index (χ0) is 24.6. The van der Waals surface area contributed by atoms with Gasteiger partial charge < -0.3 is 4.74 Å². The second kappa shape index (κ2) is 8.85. The van der Waals surface area contributed by atoms with Gasteiger partial charge in [-0.3, -0.25) is 0 Å². The number of rotatable bonds is 5. The van der Waals surface area contributed by atoms with Crippen molar-refractivity contribution >= 4 is 0 Å². The molecule has 0 amide bonds. The summed E-state index contributed by atoms with van der Waals surface area (Å²) >= 11 is 0. The lowest BCUT2D eigenvalue weighted by atomic mass is 9.98. The molecule has 4 rings (SSSR count). The molecule has 0 unspecified atom stereocenters. The van der Waals surface area contributed by atoms with Crippen LogP contribution in [0.4, 0.5) is 30.7 Å². The highest BCUT2D eigenvalue weighted by Gasteiger charge is 2.34. The van der Waals surface area contributed by atoms with Crippen molar-refractivity contribution in [2.24, 2.45) is 0 Å². The molecule has 4 aromatic carbocycles. The van der Waals surface area contributed by atoms with Crippen molar-refractivity contribution < 1.29 is 35.5 Å². The molecule has 0 spiro atoms. The Bertz CT molecular complexity index is 1320. The van der Waals surface area contributed by atoms with E-state index in [9.17, 15) is 30.7 Å². The molecule has 0 aliphatic carbocycles. The SMILES string of the molecule is Cc1ccc(C(F)(F)Oc2ccc(-c3ccc(-c4cc(F)c(F)c(F)c4)c(F)c3F)cc2)cc1. The van der Waals surface area contributed by atoms with Crippen LogP contribution in [0.5, 0.6) is 5.75 Å². The van der Waals surface area contributed by atoms with Crippen LogP contribution in [0.25, 0.3) is 22.3 Å². The van der Waals surface area contributed by atoms with Crippen molar-refractivity contribution in [3.05, 3.63) is 113 Å². The third-order valence-electron chi connectivity index (χ3n) is 5.18. The van der Waals surface area contributed by atoms with Gasteiger partial charge in [0, 0.05) is 11.1 Å². The van der Waals surface area contributed by atoms with Crippen molar-refractivity contribution in [2.45, 2.75) is 13.0 Å². The Labute approximate surface area is 190 Å². The van der Waals surface area contributed by atoms with Crippen LogP contribution in [0.2, 0.25) is 0 Å². The summed E-state index contributed by atoms with van der Waals surface area (Å²) in [6.45, 7) is 1.76. The van der Waals surface area contributed by atoms with E-state index in [2.05, 4.69) is 0 Å². The standard InChI is InChI=1S/C26H15F7O/c1-14-2-6-17(7-3-14)26(32,33)34-18-8-4-15(5-9-18)19-10-11-20(24(30)23(19)29)16-12-21(27)25(31)22(28)13-16/h2-13H,1H3. The predicted molar refractivity (Wildman–Crippen MR) is 113 cm³/mol. The van der Waals surface area contributed by atoms with E-state index < -0.39 is 40.8 Å². The maximum atomic E-state index is 14.8. The van der Waals surface area contributed by atoms with E-state index in [1.54, 1.807) is 6.92 Å². The molecule has 0 aromatic heterocycles. The molecule has 0 atom stereocenters. The summed E-state index contributed by atoms with van der Waals surface area (Å²) in [7, 11) is 0. The molecule has 0 aliphatic heterocycles. The van der Waals surface area contributed by atoms with Gasteiger partial charge in [0.25, 0.3) is 0 Å². The predicted octanol–water partition coefficient (Wildman–Crippen LogP) is 8.15. The highest BCUT2D eigenvalue weighted by Crippen LogP contribution is 2.35. The van der Waals surface area contributed by atoms with Crippen LogP contribution < -0.4 is 4.74 Å². The van der Waals surface area contributed by atoms with Crippen LogP contribution >= 0.6 is 0 Å². The Hall–Kier alpha value is -3.81. The molecule has 0 bridgehead atoms. The molecule has 0 fully saturated rings. The number of alkyl halides is 2. The fourth-order valence-electron chi connectivity index (χ4n) is 3.36. The van der Waals surface area contributed by atoms with Crippen LogP contribution in [0.3, 0.4) is 0 Å². The first-order chi connectivity index (χ1) is 16.1. The monoisotopic (exact) mass is 476 g/mol. The van der Waals surface area contributed by atoms with E-state index in [-0.39, 0.29) is 28.0 Å². The van der Waals surface area contributed by atoms with Crippen molar-refractivity contribution in [3.63, 3.8) is 0 Å². The molecule has 8 heteroatoms. The van der Waals surface area contributed by atoms with Gasteiger partial charge in [-0.1, -0.05) is 42.0 Å². The molecular weight excluding hydrogens is 461 g/mol. The zero-order valence-electron chi connectivity index (χ0n) is 17.5. The molecule has 0 N–H and O–H groups in total. The molecule has 34 heavy (non-hydrogen) atoms. The second-order valence-electron chi connectivity index (χ2n) is 7.55. The lowest BCUT2D eigenvalue weighted by Crippen LogP contribution is -2.21. The number of halogens is 7. The van der Waals surface area contributed by atoms with Crippen LogP contribution in [0, 0.1) is 36.0 Å². The first kappa shape index (κ1) is 23.4. The Kier molecular flexibility index (Phi) is 6.08. The van der Waals surface area contributed by atoms with Crippen LogP contribution in [-0.2, 0) is 6.11 Å². The van der Waals surface area contributed by atoms with Gasteiger partial charge in [-0.25, -0.2) is 22.0 Å². The fourth-order valence-corrected chi connectivity index (χ4v) is 3.36. The summed E-state index contributed by atoms with van der Waals surface area (Å²) < 4.78 is 103. The van der Waals surface area contributed by atoms with E-state index in [1.165, 1.54) is 48.5 Å². The first-order valence-corrected chi connectivity index (χ1v) is 9.94. The average Bonchev–Trinajstić information content (AvgIpc) is 2.79. The van der Waals surface area contributed by atoms with E-state index in [0.717, 1.165) is 17.7 Å². The number of ether oxygens (including phenoxy) is 1. The lowest BCUT2D eigenvalue weighted by molar-refractivity contribution is -0.185. The molecular formula is C26H15F7O. The smallest absolute Gasteiger partial charge is 0.426 e. The molecule has 0 saturated heterocycles. The third-order valence-corrected chi connectivity index (χ3v) is 5.18. The molecule has 0 radical (unpaired) electrons. The van der Waals surface area contributed by atoms with E-state index in [4.69, 9.17) is 4.74 Å². The highest BCUT2D eigenvalue weighted by molar-refractivity contribution is 5.72. The topological polar surface area (TPSA) is 9.23 Å². The van der Waals surface area contributed by atoms with Gasteiger partial charge in [0.1, 0.15) is 5.75 Å². The van der Waals surface area contributed by atoms with Gasteiger partial charge in [0.15, 0.2) is 29.1 Å². The Morgan fingerprint density at radius 3 is 1.62 bits per heavy atom. The fraction of sp³-hybridized carbons (Fsp3) is 0.0769. The quantitative estimate of drug-likeness (QED) is 0.209. The summed E-state index contributed by atoms with van der Waals surface area (Å²) in [6.07, 6.45) is -3.62. The van der Waals surface area contributed by atoms with Crippen LogP contribution in [-0.4, -0.2) is 0 Å². The van der Waals surface area contributed by atoms with Crippen molar-refractivity contribution in [3.8, 4) is 28.0 Å². The zero-order valence-corrected chi connectivity index (χ0v) is 17.5. The lowest BCUT2D eigenvalue weighted by Gasteiger charge is -2.18. The van der Waals surface area contributed by atoms with Crippen LogP contribution in [0.15, 0.2) is 72.8 Å². The van der Waals surface area contributed by atoms with E-state index in [1.807, 2.05) is 0 Å². The second-order valence-corrected chi connectivity index (χ2v) is 7.55. The molecule has 4 aromatic rings. The normalized spacial score (nSPS) is 11.5. The van der Waals surface area contributed by atoms with Gasteiger partial charge in [-0.05, 0) is 54.4 Å². The highest BCUT2D eigenvalue weighted by atomic mass is 19.3. The van der Waals surface area contributed by atoms with E-state index >= 15 is 0 Å². The molecule has 0 heterocycles. The molecule has 174 valence electrons. The van der Waals surface area contributed by atoms with Crippen molar-refractivity contribution in [1.29, 1.82) is 0 Å². The number of hydrogen-bond donors (Lipinski definition) is 0. The molecule has 0 saturated carbocycles. The number of benzene rings is 4. The Balaban J connectivity index is 1.61. The van der Waals surface area contributed by atoms with Gasteiger partial charge >= 0.3 is 6.11 Å². The van der Waals surface area contributed by atoms with Gasteiger partial charge in [-0.15, -0.1) is 0 Å². The summed E-state index contributed by atoms with van der Waals surface area (Å²) in [5.41, 5.74) is -0.483. The summed E-state index contributed by atoms with van der Waals surface area (Å²) in [5.74, 6) is -7.76. The summed E-state index contributed by atoms with van der Waals surface area (Å²) in [4.78, 5) is 0. The van der Waals surface area contributed by atoms with Crippen molar-refractivity contribution in [2.75, 3.05) is 0 Å². The molecule has 0 aliphatic rings. The first-order valence-electron chi connectivity index (χ1n) is 9.94. The minimum Gasteiger partial charge on any atom is -0.429 e. The number of hydrogen-bond acceptors (Lipinski definition) is 1. The van der Waals surface area contributed by atoms with Crippen molar-refractivity contribution in [1.82, 2.24) is 0 Å². The van der Waals surface area contributed by atoms with E-state index in [0.29, 0.717) is 12.1 Å². The Morgan fingerprint density at radius 2 is 1.09 bits per heavy atom. The maximum absolute atomic E-state index is 14.8. The van der Waals surface area contributed by atoms with Gasteiger partial charge in [-0.2, -0.15) is 8.78 Å². The third kappa shape index (κ3) is 4.48. The maximum Gasteiger partial charge on any atom is 0.426 e. The minimum absolute atomic E-state index is 0.144. The summed E-state index contributed by atoms with van der Waals surface area (Å²) in [6, 6.07) is 13.7. The van der Waals surface area contributed by atoms with Gasteiger partial charge in [0.2, 0.25) is 0 Å². The van der Waals surface area contributed by atoms with Gasteiger partial charge in [0.05, 0.1) is 5.56 Å². The largest absolute Gasteiger partial charge is 0.429 e. The summed E-state index contributed by atoms with van der Waals surface area (Å²) in [5, 5.41) is 0.